The van der Waals surface area contributed by atoms with Gasteiger partial charge in [-0.25, -0.2) is 12.8 Å². The molecule has 0 saturated carbocycles. The topological polar surface area (TPSA) is 83.6 Å². The lowest BCUT2D eigenvalue weighted by atomic mass is 9.92. The van der Waals surface area contributed by atoms with Crippen LogP contribution in [0.2, 0.25) is 5.02 Å². The van der Waals surface area contributed by atoms with Crippen molar-refractivity contribution in [3.8, 4) is 0 Å². The molecule has 1 heterocycles. The molecule has 0 aliphatic carbocycles. The van der Waals surface area contributed by atoms with Gasteiger partial charge in [-0.05, 0) is 18.6 Å². The van der Waals surface area contributed by atoms with Crippen molar-refractivity contribution in [2.75, 3.05) is 18.8 Å². The Morgan fingerprint density at radius 2 is 2.10 bits per heavy atom. The molecule has 8 heteroatoms. The molecule has 1 saturated heterocycles. The molecule has 3 N–H and O–H groups in total. The molecule has 0 unspecified atom stereocenters. The Hall–Kier alpha value is -0.890. The van der Waals surface area contributed by atoms with Gasteiger partial charge in [-0.1, -0.05) is 24.9 Å². The number of sulfonamides is 1. The van der Waals surface area contributed by atoms with Crippen LogP contribution in [-0.2, 0) is 10.0 Å². The van der Waals surface area contributed by atoms with Crippen molar-refractivity contribution in [1.29, 1.82) is 0 Å². The van der Waals surface area contributed by atoms with Crippen LogP contribution in [0.1, 0.15) is 19.8 Å². The fraction of sp³-hybridized carbons (Fsp3) is 0.500. The molecule has 1 aromatic rings. The number of halogens is 2. The molecule has 5 nitrogen and oxygen atoms in total. The maximum Gasteiger partial charge on any atom is 0.246 e. The zero-order valence-electron chi connectivity index (χ0n) is 10.9. The van der Waals surface area contributed by atoms with E-state index < -0.39 is 26.3 Å². The van der Waals surface area contributed by atoms with Gasteiger partial charge in [0.2, 0.25) is 10.0 Å². The number of hydrogen-bond acceptors (Lipinski definition) is 4. The summed E-state index contributed by atoms with van der Waals surface area (Å²) < 4.78 is 39.5. The Bertz CT molecular complexity index is 630. The van der Waals surface area contributed by atoms with E-state index >= 15 is 0 Å². The number of nitrogens with two attached hydrogens (primary N) is 1. The number of nitrogens with zero attached hydrogens (tertiary/aromatic N) is 1. The second kappa shape index (κ2) is 5.14. The molecule has 1 aliphatic rings. The maximum atomic E-state index is 13.9. The van der Waals surface area contributed by atoms with Crippen LogP contribution >= 0.6 is 11.6 Å². The van der Waals surface area contributed by atoms with Crippen molar-refractivity contribution in [2.24, 2.45) is 0 Å². The molecule has 1 aromatic carbocycles. The highest BCUT2D eigenvalue weighted by Crippen LogP contribution is 2.34. The molecule has 0 amide bonds. The van der Waals surface area contributed by atoms with Crippen LogP contribution in [0.25, 0.3) is 0 Å². The Morgan fingerprint density at radius 3 is 2.65 bits per heavy atom. The van der Waals surface area contributed by atoms with Crippen molar-refractivity contribution in [1.82, 2.24) is 4.31 Å². The Balaban J connectivity index is 2.30. The summed E-state index contributed by atoms with van der Waals surface area (Å²) in [5.74, 6) is -1.02. The third-order valence-electron chi connectivity index (χ3n) is 3.29. The fourth-order valence-electron chi connectivity index (χ4n) is 2.31. The maximum absolute atomic E-state index is 13.9. The number of β-amino-alcohol motifs (C(OH)–C–C–N with tert-alkyl or cyclic N) is 1. The Kier molecular flexibility index (Phi) is 3.98. The summed E-state index contributed by atoms with van der Waals surface area (Å²) in [6, 6.07) is 2.19. The molecule has 20 heavy (non-hydrogen) atoms. The predicted molar refractivity (Wildman–Crippen MR) is 74.4 cm³/mol. The Morgan fingerprint density at radius 1 is 1.50 bits per heavy atom. The first-order valence-corrected chi connectivity index (χ1v) is 7.98. The summed E-state index contributed by atoms with van der Waals surface area (Å²) >= 11 is 5.61. The van der Waals surface area contributed by atoms with Crippen LogP contribution in [0, 0.1) is 5.82 Å². The number of rotatable bonds is 4. The molecule has 1 fully saturated rings. The number of benzene rings is 1. The van der Waals surface area contributed by atoms with E-state index in [0.29, 0.717) is 6.42 Å². The first-order valence-electron chi connectivity index (χ1n) is 6.17. The SMILES string of the molecule is CCCC1(O)CN(S(=O)(=O)c2cc(N)cc(Cl)c2F)C1. The standard InChI is InChI=1S/C12H16ClFN2O3S/c1-2-3-12(17)6-16(7-12)20(18,19)10-5-8(15)4-9(13)11(10)14/h4-5,17H,2-3,6-7,15H2,1H3. The molecule has 2 rings (SSSR count). The van der Waals surface area contributed by atoms with Gasteiger partial charge in [-0.15, -0.1) is 0 Å². The van der Waals surface area contributed by atoms with Gasteiger partial charge in [0.15, 0.2) is 5.82 Å². The van der Waals surface area contributed by atoms with Gasteiger partial charge in [0, 0.05) is 18.8 Å². The summed E-state index contributed by atoms with van der Waals surface area (Å²) in [6.07, 6.45) is 1.24. The quantitative estimate of drug-likeness (QED) is 0.825. The highest BCUT2D eigenvalue weighted by atomic mass is 35.5. The lowest BCUT2D eigenvalue weighted by Gasteiger charge is -2.45. The van der Waals surface area contributed by atoms with E-state index in [1.807, 2.05) is 6.92 Å². The molecular weight excluding hydrogens is 307 g/mol. The summed E-state index contributed by atoms with van der Waals surface area (Å²) in [5, 5.41) is 9.68. The molecule has 0 bridgehead atoms. The zero-order chi connectivity index (χ0) is 15.1. The van der Waals surface area contributed by atoms with Crippen LogP contribution in [0.3, 0.4) is 0 Å². The lowest BCUT2D eigenvalue weighted by molar-refractivity contribution is -0.0653. The Labute approximate surface area is 122 Å². The van der Waals surface area contributed by atoms with Crippen LogP contribution < -0.4 is 5.73 Å². The predicted octanol–water partition coefficient (Wildman–Crippen LogP) is 1.60. The van der Waals surface area contributed by atoms with E-state index in [1.165, 1.54) is 0 Å². The van der Waals surface area contributed by atoms with E-state index in [1.54, 1.807) is 0 Å². The highest BCUT2D eigenvalue weighted by Gasteiger charge is 2.47. The number of anilines is 1. The smallest absolute Gasteiger partial charge is 0.246 e. The van der Waals surface area contributed by atoms with Gasteiger partial charge >= 0.3 is 0 Å². The van der Waals surface area contributed by atoms with E-state index in [0.717, 1.165) is 22.9 Å². The summed E-state index contributed by atoms with van der Waals surface area (Å²) in [4.78, 5) is -0.555. The van der Waals surface area contributed by atoms with Crippen molar-refractivity contribution in [3.63, 3.8) is 0 Å². The number of aliphatic hydroxyl groups is 1. The zero-order valence-corrected chi connectivity index (χ0v) is 12.5. The average molecular weight is 323 g/mol. The van der Waals surface area contributed by atoms with Gasteiger partial charge in [0.25, 0.3) is 0 Å². The monoisotopic (exact) mass is 322 g/mol. The molecular formula is C12H16ClFN2O3S. The summed E-state index contributed by atoms with van der Waals surface area (Å²) in [6.45, 7) is 1.80. The van der Waals surface area contributed by atoms with Gasteiger partial charge in [0.05, 0.1) is 10.6 Å². The number of nitrogen functional groups attached to an aromatic ring is 1. The minimum Gasteiger partial charge on any atom is -0.399 e. The molecule has 0 atom stereocenters. The first kappa shape index (κ1) is 15.5. The normalized spacial score (nSPS) is 18.8. The van der Waals surface area contributed by atoms with Crippen molar-refractivity contribution >= 4 is 27.3 Å². The van der Waals surface area contributed by atoms with Crippen LogP contribution in [0.15, 0.2) is 17.0 Å². The minimum atomic E-state index is -4.03. The fourth-order valence-corrected chi connectivity index (χ4v) is 4.32. The lowest BCUT2D eigenvalue weighted by Crippen LogP contribution is -2.63. The van der Waals surface area contributed by atoms with Crippen LogP contribution in [-0.4, -0.2) is 36.5 Å². The molecule has 0 spiro atoms. The minimum absolute atomic E-state index is 0.0466. The van der Waals surface area contributed by atoms with Crippen LogP contribution in [0.5, 0.6) is 0 Å². The number of hydrogen-bond donors (Lipinski definition) is 2. The van der Waals surface area contributed by atoms with Gasteiger partial charge in [-0.2, -0.15) is 4.31 Å². The summed E-state index contributed by atoms with van der Waals surface area (Å²) in [5.41, 5.74) is 4.55. The van der Waals surface area contributed by atoms with Crippen molar-refractivity contribution in [3.05, 3.63) is 23.0 Å². The van der Waals surface area contributed by atoms with Crippen LogP contribution in [0.4, 0.5) is 10.1 Å². The average Bonchev–Trinajstić information content (AvgIpc) is 2.30. The third-order valence-corrected chi connectivity index (χ3v) is 5.36. The van der Waals surface area contributed by atoms with Gasteiger partial charge < -0.3 is 10.8 Å². The van der Waals surface area contributed by atoms with Crippen molar-refractivity contribution in [2.45, 2.75) is 30.3 Å². The molecule has 0 radical (unpaired) electrons. The first-order chi connectivity index (χ1) is 9.19. The van der Waals surface area contributed by atoms with E-state index in [4.69, 9.17) is 17.3 Å². The summed E-state index contributed by atoms with van der Waals surface area (Å²) in [7, 11) is -4.03. The van der Waals surface area contributed by atoms with Gasteiger partial charge in [-0.3, -0.25) is 0 Å². The highest BCUT2D eigenvalue weighted by molar-refractivity contribution is 7.89. The van der Waals surface area contributed by atoms with E-state index in [-0.39, 0.29) is 23.8 Å². The largest absolute Gasteiger partial charge is 0.399 e. The third kappa shape index (κ3) is 2.63. The second-order valence-electron chi connectivity index (χ2n) is 5.06. The van der Waals surface area contributed by atoms with E-state index in [2.05, 4.69) is 0 Å². The van der Waals surface area contributed by atoms with Gasteiger partial charge in [0.1, 0.15) is 4.90 Å². The second-order valence-corrected chi connectivity index (χ2v) is 7.38. The molecule has 0 aromatic heterocycles. The van der Waals surface area contributed by atoms with E-state index in [9.17, 15) is 17.9 Å². The molecule has 1 aliphatic heterocycles. The van der Waals surface area contributed by atoms with Crippen molar-refractivity contribution < 1.29 is 17.9 Å². The molecule has 112 valence electrons.